The Balaban J connectivity index is 2.15. The van der Waals surface area contributed by atoms with Crippen molar-refractivity contribution in [1.29, 1.82) is 0 Å². The van der Waals surface area contributed by atoms with E-state index in [1.54, 1.807) is 32.0 Å². The molecular weight excluding hydrogens is 330 g/mol. The van der Waals surface area contributed by atoms with E-state index in [1.165, 1.54) is 7.11 Å². The van der Waals surface area contributed by atoms with Gasteiger partial charge in [0, 0.05) is 5.69 Å². The Morgan fingerprint density at radius 1 is 1.00 bits per heavy atom. The van der Waals surface area contributed by atoms with Gasteiger partial charge in [0.25, 0.3) is 5.91 Å². The van der Waals surface area contributed by atoms with Gasteiger partial charge in [0.05, 0.1) is 12.7 Å². The van der Waals surface area contributed by atoms with Crippen LogP contribution >= 0.6 is 0 Å². The van der Waals surface area contributed by atoms with Crippen LogP contribution in [0.15, 0.2) is 42.5 Å². The molecule has 0 radical (unpaired) electrons. The summed E-state index contributed by atoms with van der Waals surface area (Å²) in [5, 5.41) is 2.83. The summed E-state index contributed by atoms with van der Waals surface area (Å²) in [5.74, 6) is 0.271. The molecule has 138 valence electrons. The van der Waals surface area contributed by atoms with Crippen LogP contribution in [0.3, 0.4) is 0 Å². The molecular formula is C21H25NO4. The van der Waals surface area contributed by atoms with Crippen LogP contribution in [0.4, 0.5) is 5.69 Å². The summed E-state index contributed by atoms with van der Waals surface area (Å²) < 4.78 is 10.6. The molecule has 0 saturated heterocycles. The lowest BCUT2D eigenvalue weighted by atomic mass is 10.0. The Kier molecular flexibility index (Phi) is 6.39. The van der Waals surface area contributed by atoms with E-state index in [9.17, 15) is 9.59 Å². The molecule has 0 bridgehead atoms. The highest BCUT2D eigenvalue weighted by molar-refractivity contribution is 5.98. The number of amides is 1. The van der Waals surface area contributed by atoms with Crippen molar-refractivity contribution in [1.82, 2.24) is 0 Å². The van der Waals surface area contributed by atoms with Crippen molar-refractivity contribution in [3.63, 3.8) is 0 Å². The van der Waals surface area contributed by atoms with Crippen LogP contribution in [0.1, 0.15) is 48.2 Å². The molecule has 5 nitrogen and oxygen atoms in total. The maximum atomic E-state index is 12.5. The molecule has 0 fully saturated rings. The molecule has 0 aliphatic rings. The molecule has 1 N–H and O–H groups in total. The van der Waals surface area contributed by atoms with E-state index in [1.807, 2.05) is 24.3 Å². The number of anilines is 1. The first-order valence-corrected chi connectivity index (χ1v) is 8.59. The smallest absolute Gasteiger partial charge is 0.338 e. The van der Waals surface area contributed by atoms with Crippen molar-refractivity contribution in [2.45, 2.75) is 39.7 Å². The fourth-order valence-electron chi connectivity index (χ4n) is 2.65. The van der Waals surface area contributed by atoms with Crippen LogP contribution in [0.5, 0.6) is 5.75 Å². The van der Waals surface area contributed by atoms with E-state index in [-0.39, 0.29) is 5.91 Å². The Morgan fingerprint density at radius 3 is 2.35 bits per heavy atom. The minimum absolute atomic E-state index is 0.284. The van der Waals surface area contributed by atoms with Gasteiger partial charge in [-0.3, -0.25) is 4.79 Å². The summed E-state index contributed by atoms with van der Waals surface area (Å²) in [7, 11) is 1.33. The van der Waals surface area contributed by atoms with E-state index in [0.717, 1.165) is 5.56 Å². The fraction of sp³-hybridized carbons (Fsp3) is 0.333. The molecule has 2 aromatic rings. The molecule has 0 aliphatic carbocycles. The van der Waals surface area contributed by atoms with Gasteiger partial charge in [-0.15, -0.1) is 0 Å². The van der Waals surface area contributed by atoms with Crippen LogP contribution in [0.2, 0.25) is 0 Å². The number of esters is 1. The third-order valence-corrected chi connectivity index (χ3v) is 4.21. The van der Waals surface area contributed by atoms with Gasteiger partial charge in [-0.1, -0.05) is 38.1 Å². The standard InChI is InChI=1S/C21H25NO4/c1-13(2)16-9-6-7-12-19(16)26-15(4)20(23)22-18-11-8-10-17(14(18)3)21(24)25-5/h6-13,15H,1-5H3,(H,22,23)/t15-/m0/s1. The van der Waals surface area contributed by atoms with E-state index in [2.05, 4.69) is 19.2 Å². The number of hydrogen-bond acceptors (Lipinski definition) is 4. The van der Waals surface area contributed by atoms with Crippen LogP contribution in [-0.2, 0) is 9.53 Å². The van der Waals surface area contributed by atoms with Crippen molar-refractivity contribution in [3.05, 3.63) is 59.2 Å². The molecule has 1 amide bonds. The van der Waals surface area contributed by atoms with Crippen LogP contribution in [0, 0.1) is 6.92 Å². The lowest BCUT2D eigenvalue weighted by Crippen LogP contribution is -2.30. The highest BCUT2D eigenvalue weighted by atomic mass is 16.5. The highest BCUT2D eigenvalue weighted by Gasteiger charge is 2.19. The summed E-state index contributed by atoms with van der Waals surface area (Å²) >= 11 is 0. The number of carbonyl (C=O) groups excluding carboxylic acids is 2. The zero-order valence-electron chi connectivity index (χ0n) is 15.8. The van der Waals surface area contributed by atoms with Gasteiger partial charge in [0.1, 0.15) is 5.75 Å². The number of rotatable bonds is 6. The third-order valence-electron chi connectivity index (χ3n) is 4.21. The number of hydrogen-bond donors (Lipinski definition) is 1. The minimum atomic E-state index is -0.684. The predicted molar refractivity (Wildman–Crippen MR) is 102 cm³/mol. The molecule has 0 aromatic heterocycles. The highest BCUT2D eigenvalue weighted by Crippen LogP contribution is 2.27. The van der Waals surface area contributed by atoms with E-state index < -0.39 is 12.1 Å². The lowest BCUT2D eigenvalue weighted by Gasteiger charge is -2.19. The van der Waals surface area contributed by atoms with Gasteiger partial charge in [0.2, 0.25) is 0 Å². The molecule has 5 heteroatoms. The summed E-state index contributed by atoms with van der Waals surface area (Å²) in [6, 6.07) is 12.8. The fourth-order valence-corrected chi connectivity index (χ4v) is 2.65. The number of methoxy groups -OCH3 is 1. The second-order valence-corrected chi connectivity index (χ2v) is 6.41. The number of para-hydroxylation sites is 1. The normalized spacial score (nSPS) is 11.8. The molecule has 0 aliphatic heterocycles. The van der Waals surface area contributed by atoms with Crippen LogP contribution in [-0.4, -0.2) is 25.1 Å². The van der Waals surface area contributed by atoms with Gasteiger partial charge >= 0.3 is 5.97 Å². The topological polar surface area (TPSA) is 64.6 Å². The predicted octanol–water partition coefficient (Wildman–Crippen LogP) is 4.31. The zero-order valence-corrected chi connectivity index (χ0v) is 15.8. The maximum Gasteiger partial charge on any atom is 0.338 e. The Morgan fingerprint density at radius 2 is 1.69 bits per heavy atom. The lowest BCUT2D eigenvalue weighted by molar-refractivity contribution is -0.122. The molecule has 0 saturated carbocycles. The van der Waals surface area contributed by atoms with Gasteiger partial charge in [-0.25, -0.2) is 4.79 Å². The molecule has 0 heterocycles. The number of ether oxygens (including phenoxy) is 2. The van der Waals surface area contributed by atoms with Gasteiger partial charge < -0.3 is 14.8 Å². The summed E-state index contributed by atoms with van der Waals surface area (Å²) in [6.07, 6.45) is -0.684. The SMILES string of the molecule is COC(=O)c1cccc(NC(=O)[C@H](C)Oc2ccccc2C(C)C)c1C. The summed E-state index contributed by atoms with van der Waals surface area (Å²) in [5.41, 5.74) is 2.69. The molecule has 0 spiro atoms. The van der Waals surface area contributed by atoms with Crippen molar-refractivity contribution >= 4 is 17.6 Å². The van der Waals surface area contributed by atoms with Crippen molar-refractivity contribution in [3.8, 4) is 5.75 Å². The molecule has 0 unspecified atom stereocenters. The van der Waals surface area contributed by atoms with E-state index in [0.29, 0.717) is 28.5 Å². The number of carbonyl (C=O) groups is 2. The zero-order chi connectivity index (χ0) is 19.3. The molecule has 1 atom stereocenters. The second kappa shape index (κ2) is 8.52. The Labute approximate surface area is 154 Å². The minimum Gasteiger partial charge on any atom is -0.481 e. The first-order valence-electron chi connectivity index (χ1n) is 8.59. The van der Waals surface area contributed by atoms with Gasteiger partial charge in [0.15, 0.2) is 6.10 Å². The van der Waals surface area contributed by atoms with Gasteiger partial charge in [-0.2, -0.15) is 0 Å². The first kappa shape index (κ1) is 19.5. The van der Waals surface area contributed by atoms with Crippen LogP contribution in [0.25, 0.3) is 0 Å². The second-order valence-electron chi connectivity index (χ2n) is 6.41. The van der Waals surface area contributed by atoms with E-state index in [4.69, 9.17) is 9.47 Å². The van der Waals surface area contributed by atoms with Crippen molar-refractivity contribution < 1.29 is 19.1 Å². The quantitative estimate of drug-likeness (QED) is 0.784. The Hall–Kier alpha value is -2.82. The number of nitrogens with one attached hydrogen (secondary N) is 1. The summed E-state index contributed by atoms with van der Waals surface area (Å²) in [4.78, 5) is 24.3. The van der Waals surface area contributed by atoms with Crippen molar-refractivity contribution in [2.24, 2.45) is 0 Å². The largest absolute Gasteiger partial charge is 0.481 e. The number of benzene rings is 2. The first-order chi connectivity index (χ1) is 12.3. The Bertz CT molecular complexity index is 798. The van der Waals surface area contributed by atoms with Crippen molar-refractivity contribution in [2.75, 3.05) is 12.4 Å². The average Bonchev–Trinajstić information content (AvgIpc) is 2.63. The summed E-state index contributed by atoms with van der Waals surface area (Å²) in [6.45, 7) is 7.62. The molecule has 2 rings (SSSR count). The maximum absolute atomic E-state index is 12.5. The van der Waals surface area contributed by atoms with E-state index >= 15 is 0 Å². The molecule has 26 heavy (non-hydrogen) atoms. The van der Waals surface area contributed by atoms with Crippen LogP contribution < -0.4 is 10.1 Å². The third kappa shape index (κ3) is 4.42. The molecule has 2 aromatic carbocycles. The van der Waals surface area contributed by atoms with Gasteiger partial charge in [-0.05, 0) is 49.1 Å². The monoisotopic (exact) mass is 355 g/mol. The average molecular weight is 355 g/mol.